The van der Waals surface area contributed by atoms with Crippen molar-refractivity contribution in [2.75, 3.05) is 7.05 Å². The lowest BCUT2D eigenvalue weighted by Gasteiger charge is -2.45. The molecule has 13 heavy (non-hydrogen) atoms. The molecule has 0 aromatic rings. The average Bonchev–Trinajstić information content (AvgIpc) is 1.81. The van der Waals surface area contributed by atoms with Gasteiger partial charge < -0.3 is 5.32 Å². The fourth-order valence-electron chi connectivity index (χ4n) is 1.89. The second-order valence-corrected chi connectivity index (χ2v) is 6.50. The van der Waals surface area contributed by atoms with Crippen molar-refractivity contribution in [3.05, 3.63) is 0 Å². The van der Waals surface area contributed by atoms with Crippen molar-refractivity contribution in [2.45, 2.75) is 60.4 Å². The van der Waals surface area contributed by atoms with Crippen LogP contribution in [0.2, 0.25) is 0 Å². The van der Waals surface area contributed by atoms with Crippen LogP contribution in [0.3, 0.4) is 0 Å². The highest BCUT2D eigenvalue weighted by molar-refractivity contribution is 4.94. The van der Waals surface area contributed by atoms with Gasteiger partial charge in [-0.25, -0.2) is 0 Å². The van der Waals surface area contributed by atoms with Gasteiger partial charge in [-0.15, -0.1) is 0 Å². The molecule has 1 heteroatoms. The zero-order valence-corrected chi connectivity index (χ0v) is 10.7. The lowest BCUT2D eigenvalue weighted by atomic mass is 9.66. The van der Waals surface area contributed by atoms with Gasteiger partial charge in [-0.2, -0.15) is 0 Å². The Morgan fingerprint density at radius 3 is 1.46 bits per heavy atom. The van der Waals surface area contributed by atoms with E-state index in [1.54, 1.807) is 0 Å². The van der Waals surface area contributed by atoms with Crippen LogP contribution in [0, 0.1) is 10.8 Å². The number of hydrogen-bond donors (Lipinski definition) is 1. The fraction of sp³-hybridized carbons (Fsp3) is 1.00. The third-order valence-corrected chi connectivity index (χ3v) is 3.29. The van der Waals surface area contributed by atoms with E-state index in [9.17, 15) is 0 Å². The molecule has 0 rings (SSSR count). The Hall–Kier alpha value is -0.0400. The topological polar surface area (TPSA) is 12.0 Å². The zero-order chi connectivity index (χ0) is 10.9. The molecule has 80 valence electrons. The number of hydrogen-bond acceptors (Lipinski definition) is 1. The Bertz CT molecular complexity index is 160. The fourth-order valence-corrected chi connectivity index (χ4v) is 1.89. The normalized spacial score (nSPS) is 14.8. The van der Waals surface area contributed by atoms with Crippen molar-refractivity contribution >= 4 is 0 Å². The number of rotatable bonds is 3. The summed E-state index contributed by atoms with van der Waals surface area (Å²) in [5.74, 6) is 0. The molecule has 0 aliphatic carbocycles. The summed E-state index contributed by atoms with van der Waals surface area (Å²) in [7, 11) is 2.05. The van der Waals surface area contributed by atoms with Gasteiger partial charge in [0.25, 0.3) is 0 Å². The van der Waals surface area contributed by atoms with Crippen molar-refractivity contribution in [2.24, 2.45) is 10.8 Å². The first kappa shape index (κ1) is 13.0. The van der Waals surface area contributed by atoms with Crippen molar-refractivity contribution in [1.82, 2.24) is 5.32 Å². The van der Waals surface area contributed by atoms with Crippen molar-refractivity contribution in [3.8, 4) is 0 Å². The summed E-state index contributed by atoms with van der Waals surface area (Å²) < 4.78 is 0. The van der Waals surface area contributed by atoms with E-state index in [0.717, 1.165) is 0 Å². The predicted octanol–water partition coefficient (Wildman–Crippen LogP) is 3.45. The van der Waals surface area contributed by atoms with E-state index in [0.29, 0.717) is 10.8 Å². The summed E-state index contributed by atoms with van der Waals surface area (Å²) in [6.45, 7) is 16.2. The van der Waals surface area contributed by atoms with Crippen LogP contribution >= 0.6 is 0 Å². The van der Waals surface area contributed by atoms with Gasteiger partial charge in [0.15, 0.2) is 0 Å². The van der Waals surface area contributed by atoms with E-state index in [1.165, 1.54) is 6.42 Å². The second kappa shape index (κ2) is 3.61. The van der Waals surface area contributed by atoms with Gasteiger partial charge in [-0.3, -0.25) is 0 Å². The molecule has 0 spiro atoms. The summed E-state index contributed by atoms with van der Waals surface area (Å²) in [5, 5.41) is 3.40. The third kappa shape index (κ3) is 3.68. The van der Waals surface area contributed by atoms with Gasteiger partial charge >= 0.3 is 0 Å². The van der Waals surface area contributed by atoms with Gasteiger partial charge in [-0.1, -0.05) is 34.6 Å². The molecule has 0 radical (unpaired) electrons. The van der Waals surface area contributed by atoms with Crippen LogP contribution in [0.25, 0.3) is 0 Å². The van der Waals surface area contributed by atoms with Crippen molar-refractivity contribution in [3.63, 3.8) is 0 Å². The van der Waals surface area contributed by atoms with E-state index in [1.807, 2.05) is 7.05 Å². The van der Waals surface area contributed by atoms with Crippen LogP contribution in [0.1, 0.15) is 54.9 Å². The minimum Gasteiger partial charge on any atom is -0.314 e. The Labute approximate surface area is 84.3 Å². The maximum absolute atomic E-state index is 3.40. The van der Waals surface area contributed by atoms with Crippen LogP contribution in [0.5, 0.6) is 0 Å². The van der Waals surface area contributed by atoms with Gasteiger partial charge in [0, 0.05) is 5.54 Å². The largest absolute Gasteiger partial charge is 0.314 e. The van der Waals surface area contributed by atoms with Gasteiger partial charge in [0.2, 0.25) is 0 Å². The van der Waals surface area contributed by atoms with Crippen LogP contribution in [-0.4, -0.2) is 12.6 Å². The predicted molar refractivity (Wildman–Crippen MR) is 61.0 cm³/mol. The highest BCUT2D eigenvalue weighted by atomic mass is 14.9. The molecule has 0 unspecified atom stereocenters. The van der Waals surface area contributed by atoms with E-state index < -0.39 is 0 Å². The minimum absolute atomic E-state index is 0.195. The molecule has 0 atom stereocenters. The minimum atomic E-state index is 0.195. The Morgan fingerprint density at radius 2 is 1.23 bits per heavy atom. The molecule has 0 aromatic heterocycles. The Morgan fingerprint density at radius 1 is 0.846 bits per heavy atom. The smallest absolute Gasteiger partial charge is 0.0173 e. The van der Waals surface area contributed by atoms with Crippen molar-refractivity contribution < 1.29 is 0 Å². The molecule has 1 nitrogen and oxygen atoms in total. The summed E-state index contributed by atoms with van der Waals surface area (Å²) >= 11 is 0. The van der Waals surface area contributed by atoms with Crippen LogP contribution < -0.4 is 5.32 Å². The molecule has 0 aromatic carbocycles. The molecule has 0 aliphatic heterocycles. The first-order valence-corrected chi connectivity index (χ1v) is 5.21. The second-order valence-electron chi connectivity index (χ2n) is 6.50. The molecule has 0 bridgehead atoms. The monoisotopic (exact) mass is 185 g/mol. The van der Waals surface area contributed by atoms with Gasteiger partial charge in [-0.05, 0) is 38.1 Å². The molecule has 0 amide bonds. The van der Waals surface area contributed by atoms with Crippen LogP contribution in [0.4, 0.5) is 0 Å². The quantitative estimate of drug-likeness (QED) is 0.710. The summed E-state index contributed by atoms with van der Waals surface area (Å²) in [6, 6.07) is 0. The van der Waals surface area contributed by atoms with E-state index in [2.05, 4.69) is 53.8 Å². The third-order valence-electron chi connectivity index (χ3n) is 3.29. The average molecular weight is 185 g/mol. The Kier molecular flexibility index (Phi) is 3.59. The standard InChI is InChI=1S/C12H27N/c1-10(2,3)9-11(4,5)12(6,7)13-8/h13H,9H2,1-8H3. The van der Waals surface area contributed by atoms with Crippen LogP contribution in [-0.2, 0) is 0 Å². The molecular formula is C12H27N. The molecule has 0 aliphatic rings. The lowest BCUT2D eigenvalue weighted by Crippen LogP contribution is -2.50. The van der Waals surface area contributed by atoms with E-state index in [-0.39, 0.29) is 5.54 Å². The van der Waals surface area contributed by atoms with Gasteiger partial charge in [0.1, 0.15) is 0 Å². The van der Waals surface area contributed by atoms with E-state index in [4.69, 9.17) is 0 Å². The first-order valence-electron chi connectivity index (χ1n) is 5.21. The first-order chi connectivity index (χ1) is 5.52. The molecule has 0 saturated carbocycles. The summed E-state index contributed by atoms with van der Waals surface area (Å²) in [5.41, 5.74) is 0.915. The van der Waals surface area contributed by atoms with Crippen molar-refractivity contribution in [1.29, 1.82) is 0 Å². The van der Waals surface area contributed by atoms with Gasteiger partial charge in [0.05, 0.1) is 0 Å². The molecule has 0 saturated heterocycles. The maximum atomic E-state index is 3.40. The maximum Gasteiger partial charge on any atom is 0.0173 e. The number of nitrogens with one attached hydrogen (secondary N) is 1. The zero-order valence-electron chi connectivity index (χ0n) is 10.7. The summed E-state index contributed by atoms with van der Waals surface area (Å²) in [4.78, 5) is 0. The molecule has 1 N–H and O–H groups in total. The molecule has 0 fully saturated rings. The van der Waals surface area contributed by atoms with E-state index >= 15 is 0 Å². The molecule has 0 heterocycles. The highest BCUT2D eigenvalue weighted by Gasteiger charge is 2.38. The van der Waals surface area contributed by atoms with Crippen LogP contribution in [0.15, 0.2) is 0 Å². The Balaban J connectivity index is 4.58. The highest BCUT2D eigenvalue weighted by Crippen LogP contribution is 2.40. The summed E-state index contributed by atoms with van der Waals surface area (Å²) in [6.07, 6.45) is 1.23. The SMILES string of the molecule is CNC(C)(C)C(C)(C)CC(C)(C)C. The molecular weight excluding hydrogens is 158 g/mol. The lowest BCUT2D eigenvalue weighted by molar-refractivity contribution is 0.101.